The molecule has 0 bridgehead atoms. The molecule has 0 heterocycles. The minimum absolute atomic E-state index is 0.161. The second kappa shape index (κ2) is 5.43. The second-order valence-electron chi connectivity index (χ2n) is 4.08. The average Bonchev–Trinajstić information content (AvgIpc) is 2.63. The summed E-state index contributed by atoms with van der Waals surface area (Å²) in [7, 11) is 0. The van der Waals surface area contributed by atoms with E-state index in [1.54, 1.807) is 6.92 Å². The highest BCUT2D eigenvalue weighted by Crippen LogP contribution is 2.40. The predicted octanol–water partition coefficient (Wildman–Crippen LogP) is 3.33. The van der Waals surface area contributed by atoms with Gasteiger partial charge in [0.2, 0.25) is 0 Å². The number of alkyl halides is 3. The molecule has 1 nitrogen and oxygen atoms in total. The highest BCUT2D eigenvalue weighted by atomic mass is 32.2. The molecule has 0 amide bonds. The molecule has 0 radical (unpaired) electrons. The van der Waals surface area contributed by atoms with Crippen LogP contribution in [-0.2, 0) is 0 Å². The molecule has 15 heavy (non-hydrogen) atoms. The number of hydrogen-bond donors (Lipinski definition) is 1. The monoisotopic (exact) mass is 241 g/mol. The molecule has 0 aliphatic heterocycles. The van der Waals surface area contributed by atoms with Crippen molar-refractivity contribution in [2.45, 2.75) is 61.7 Å². The first-order chi connectivity index (χ1) is 6.95. The van der Waals surface area contributed by atoms with Crippen molar-refractivity contribution in [3.05, 3.63) is 0 Å². The summed E-state index contributed by atoms with van der Waals surface area (Å²) >= 11 is 1.04. The largest absolute Gasteiger partial charge is 0.402 e. The van der Waals surface area contributed by atoms with E-state index < -0.39 is 17.5 Å². The normalized spacial score (nSPS) is 23.0. The molecule has 5 heteroatoms. The Labute approximate surface area is 93.0 Å². The summed E-state index contributed by atoms with van der Waals surface area (Å²) in [5.74, 6) is 0. The first-order valence-corrected chi connectivity index (χ1v) is 6.37. The Kier molecular flexibility index (Phi) is 4.77. The second-order valence-corrected chi connectivity index (χ2v) is 5.52. The first-order valence-electron chi connectivity index (χ1n) is 5.43. The fourth-order valence-corrected chi connectivity index (χ4v) is 3.44. The summed E-state index contributed by atoms with van der Waals surface area (Å²) in [5.41, 5.74) is 5.54. The van der Waals surface area contributed by atoms with Gasteiger partial charge < -0.3 is 5.73 Å². The van der Waals surface area contributed by atoms with Crippen LogP contribution in [0.2, 0.25) is 0 Å². The Morgan fingerprint density at radius 3 is 2.27 bits per heavy atom. The number of nitrogens with two attached hydrogens (primary N) is 1. The molecule has 2 unspecified atom stereocenters. The van der Waals surface area contributed by atoms with Crippen LogP contribution in [0.4, 0.5) is 13.2 Å². The fourth-order valence-electron chi connectivity index (χ4n) is 1.87. The lowest BCUT2D eigenvalue weighted by molar-refractivity contribution is -0.132. The molecule has 1 fully saturated rings. The van der Waals surface area contributed by atoms with E-state index in [1.165, 1.54) is 0 Å². The molecular formula is C10H18F3NS. The van der Waals surface area contributed by atoms with Crippen LogP contribution in [0.3, 0.4) is 0 Å². The van der Waals surface area contributed by atoms with E-state index in [4.69, 9.17) is 5.73 Å². The van der Waals surface area contributed by atoms with Gasteiger partial charge in [-0.3, -0.25) is 0 Å². The van der Waals surface area contributed by atoms with E-state index in [2.05, 4.69) is 0 Å². The quantitative estimate of drug-likeness (QED) is 0.817. The van der Waals surface area contributed by atoms with Gasteiger partial charge in [-0.2, -0.15) is 13.2 Å². The third-order valence-corrected chi connectivity index (χ3v) is 4.59. The van der Waals surface area contributed by atoms with Gasteiger partial charge in [0.05, 0.1) is 0 Å². The molecule has 0 spiro atoms. The molecule has 1 aliphatic carbocycles. The number of hydrogen-bond acceptors (Lipinski definition) is 2. The topological polar surface area (TPSA) is 26.0 Å². The maximum atomic E-state index is 12.7. The van der Waals surface area contributed by atoms with Crippen LogP contribution in [0.15, 0.2) is 0 Å². The summed E-state index contributed by atoms with van der Waals surface area (Å²) in [6, 6.07) is -0.768. The van der Waals surface area contributed by atoms with Crippen LogP contribution in [0, 0.1) is 0 Å². The van der Waals surface area contributed by atoms with Gasteiger partial charge in [-0.25, -0.2) is 0 Å². The Bertz CT molecular complexity index is 190. The van der Waals surface area contributed by atoms with Crippen molar-refractivity contribution >= 4 is 11.8 Å². The number of halogens is 3. The highest BCUT2D eigenvalue weighted by molar-refractivity contribution is 8.00. The van der Waals surface area contributed by atoms with Crippen LogP contribution >= 0.6 is 11.8 Å². The lowest BCUT2D eigenvalue weighted by Gasteiger charge is -2.27. The molecule has 0 aromatic heterocycles. The molecular weight excluding hydrogens is 223 g/mol. The van der Waals surface area contributed by atoms with Crippen molar-refractivity contribution in [2.24, 2.45) is 5.73 Å². The van der Waals surface area contributed by atoms with Gasteiger partial charge in [-0.15, -0.1) is 11.8 Å². The molecule has 0 saturated heterocycles. The average molecular weight is 241 g/mol. The van der Waals surface area contributed by atoms with Gasteiger partial charge >= 0.3 is 6.18 Å². The highest BCUT2D eigenvalue weighted by Gasteiger charge is 2.44. The zero-order chi connectivity index (χ0) is 11.5. The van der Waals surface area contributed by atoms with Gasteiger partial charge in [-0.05, 0) is 19.3 Å². The molecule has 1 rings (SSSR count). The zero-order valence-corrected chi connectivity index (χ0v) is 9.70. The molecule has 0 aromatic carbocycles. The van der Waals surface area contributed by atoms with Gasteiger partial charge in [0.15, 0.2) is 0 Å². The van der Waals surface area contributed by atoms with Crippen molar-refractivity contribution in [3.8, 4) is 0 Å². The van der Waals surface area contributed by atoms with Gasteiger partial charge in [0.25, 0.3) is 0 Å². The standard InChI is InChI=1S/C10H18F3NS/c1-2-8(14)9(10(11,12)13)15-7-5-3-4-6-7/h7-9H,2-6,14H2,1H3. The van der Waals surface area contributed by atoms with Crippen molar-refractivity contribution in [1.82, 2.24) is 0 Å². The van der Waals surface area contributed by atoms with Crippen LogP contribution in [-0.4, -0.2) is 22.7 Å². The summed E-state index contributed by atoms with van der Waals surface area (Å²) in [4.78, 5) is 0. The number of rotatable bonds is 4. The van der Waals surface area contributed by atoms with Crippen LogP contribution in [0.5, 0.6) is 0 Å². The van der Waals surface area contributed by atoms with E-state index in [9.17, 15) is 13.2 Å². The molecule has 2 atom stereocenters. The summed E-state index contributed by atoms with van der Waals surface area (Å²) in [6.45, 7) is 1.71. The fraction of sp³-hybridized carbons (Fsp3) is 1.00. The van der Waals surface area contributed by atoms with Crippen molar-refractivity contribution in [1.29, 1.82) is 0 Å². The SMILES string of the molecule is CCC(N)C(SC1CCCC1)C(F)(F)F. The van der Waals surface area contributed by atoms with E-state index >= 15 is 0 Å². The predicted molar refractivity (Wildman–Crippen MR) is 58.0 cm³/mol. The van der Waals surface area contributed by atoms with Crippen LogP contribution in [0.25, 0.3) is 0 Å². The zero-order valence-electron chi connectivity index (χ0n) is 8.89. The van der Waals surface area contributed by atoms with Crippen molar-refractivity contribution < 1.29 is 13.2 Å². The molecule has 0 aromatic rings. The molecule has 90 valence electrons. The molecule has 1 saturated carbocycles. The third kappa shape index (κ3) is 3.87. The lowest BCUT2D eigenvalue weighted by Crippen LogP contribution is -2.43. The summed E-state index contributed by atoms with van der Waals surface area (Å²) in [5, 5.41) is -1.22. The molecule has 2 N–H and O–H groups in total. The van der Waals surface area contributed by atoms with Crippen LogP contribution in [0.1, 0.15) is 39.0 Å². The first kappa shape index (κ1) is 13.2. The van der Waals surface area contributed by atoms with Gasteiger partial charge in [0.1, 0.15) is 5.25 Å². The minimum Gasteiger partial charge on any atom is -0.326 e. The lowest BCUT2D eigenvalue weighted by atomic mass is 10.1. The van der Waals surface area contributed by atoms with Gasteiger partial charge in [0, 0.05) is 11.3 Å². The van der Waals surface area contributed by atoms with Crippen molar-refractivity contribution in [2.75, 3.05) is 0 Å². The van der Waals surface area contributed by atoms with E-state index in [-0.39, 0.29) is 5.25 Å². The van der Waals surface area contributed by atoms with E-state index in [0.717, 1.165) is 37.4 Å². The Balaban J connectivity index is 2.55. The Morgan fingerprint density at radius 2 is 1.87 bits per heavy atom. The summed E-state index contributed by atoms with van der Waals surface area (Å²) < 4.78 is 38.1. The van der Waals surface area contributed by atoms with Gasteiger partial charge in [-0.1, -0.05) is 19.8 Å². The Hall–Kier alpha value is 0.100. The Morgan fingerprint density at radius 1 is 1.33 bits per heavy atom. The maximum Gasteiger partial charge on any atom is 0.402 e. The molecule has 1 aliphatic rings. The van der Waals surface area contributed by atoms with Crippen molar-refractivity contribution in [3.63, 3.8) is 0 Å². The maximum absolute atomic E-state index is 12.7. The minimum atomic E-state index is -4.16. The third-order valence-electron chi connectivity index (χ3n) is 2.82. The van der Waals surface area contributed by atoms with Crippen LogP contribution < -0.4 is 5.73 Å². The smallest absolute Gasteiger partial charge is 0.326 e. The van der Waals surface area contributed by atoms with E-state index in [0.29, 0.717) is 6.42 Å². The summed E-state index contributed by atoms with van der Waals surface area (Å²) in [6.07, 6.45) is 0.154. The number of thioether (sulfide) groups is 1. The van der Waals surface area contributed by atoms with E-state index in [1.807, 2.05) is 0 Å².